The molecule has 1 amide bonds. The van der Waals surface area contributed by atoms with Gasteiger partial charge in [0.05, 0.1) is 43.7 Å². The van der Waals surface area contributed by atoms with E-state index in [1.807, 2.05) is 51.2 Å². The van der Waals surface area contributed by atoms with Crippen LogP contribution in [0.15, 0.2) is 59.8 Å². The molecule has 4 rings (SSSR count). The van der Waals surface area contributed by atoms with Gasteiger partial charge in [-0.1, -0.05) is 70.7 Å². The molecule has 412 valence electrons. The summed E-state index contributed by atoms with van der Waals surface area (Å²) in [5, 5.41) is 55.1. The van der Waals surface area contributed by atoms with Gasteiger partial charge in [0.15, 0.2) is 12.1 Å². The number of methoxy groups -OCH3 is 3. The molecule has 3 heterocycles. The van der Waals surface area contributed by atoms with Crippen molar-refractivity contribution in [2.75, 3.05) is 41.1 Å². The number of hydrogen-bond donors (Lipinski definition) is 5. The van der Waals surface area contributed by atoms with Crippen LogP contribution in [-0.4, -0.2) is 162 Å². The number of hydrogen-bond acceptors (Lipinski definition) is 16. The van der Waals surface area contributed by atoms with Gasteiger partial charge in [0.2, 0.25) is 5.79 Å². The van der Waals surface area contributed by atoms with E-state index in [1.165, 1.54) is 26.0 Å². The topological polar surface area (TPSA) is 245 Å². The van der Waals surface area contributed by atoms with Crippen molar-refractivity contribution in [3.8, 4) is 0 Å². The maximum Gasteiger partial charge on any atom is 0.316 e. The van der Waals surface area contributed by atoms with E-state index >= 15 is 0 Å². The minimum Gasteiger partial charge on any atom is -0.459 e. The predicted molar refractivity (Wildman–Crippen MR) is 272 cm³/mol. The zero-order valence-electron chi connectivity index (χ0n) is 45.0. The van der Waals surface area contributed by atoms with Crippen LogP contribution in [0.4, 0.5) is 0 Å². The first-order valence-electron chi connectivity index (χ1n) is 26.2. The molecule has 15 atom stereocenters. The van der Waals surface area contributed by atoms with Crippen molar-refractivity contribution in [1.82, 2.24) is 4.90 Å². The number of carbonyl (C=O) groups is 5. The van der Waals surface area contributed by atoms with Crippen LogP contribution in [0, 0.1) is 35.0 Å². The van der Waals surface area contributed by atoms with Crippen molar-refractivity contribution in [3.63, 3.8) is 0 Å². The van der Waals surface area contributed by atoms with E-state index in [1.54, 1.807) is 34.0 Å². The summed E-state index contributed by atoms with van der Waals surface area (Å²) < 4.78 is 35.6. The molecule has 0 aromatic carbocycles. The van der Waals surface area contributed by atoms with E-state index in [9.17, 15) is 49.5 Å². The molecule has 2 bridgehead atoms. The average Bonchev–Trinajstić information content (AvgIpc) is 3.37. The number of allylic oxidation sites excluding steroid dienone is 6. The highest BCUT2D eigenvalue weighted by Crippen LogP contribution is 2.39. The van der Waals surface area contributed by atoms with E-state index in [2.05, 4.69) is 6.58 Å². The Morgan fingerprint density at radius 3 is 2.23 bits per heavy atom. The van der Waals surface area contributed by atoms with Crippen LogP contribution in [0.1, 0.15) is 126 Å². The summed E-state index contributed by atoms with van der Waals surface area (Å²) in [7, 11) is 4.40. The lowest BCUT2D eigenvalue weighted by molar-refractivity contribution is -0.266. The largest absolute Gasteiger partial charge is 0.459 e. The number of amides is 1. The third-order valence-electron chi connectivity index (χ3n) is 15.7. The number of carbonyl (C=O) groups excluding carboxylic acids is 5. The first-order valence-corrected chi connectivity index (χ1v) is 26.2. The summed E-state index contributed by atoms with van der Waals surface area (Å²) in [6, 6.07) is -1.01. The third kappa shape index (κ3) is 16.1. The lowest BCUT2D eigenvalue weighted by Gasteiger charge is -2.44. The van der Waals surface area contributed by atoms with Crippen LogP contribution in [0.3, 0.4) is 0 Å². The maximum absolute atomic E-state index is 14.4. The van der Waals surface area contributed by atoms with Gasteiger partial charge >= 0.3 is 5.97 Å². The normalized spacial score (nSPS) is 37.5. The zero-order valence-corrected chi connectivity index (χ0v) is 45.0. The van der Waals surface area contributed by atoms with Crippen molar-refractivity contribution in [1.29, 1.82) is 0 Å². The second-order valence-corrected chi connectivity index (χ2v) is 21.6. The SMILES string of the molecule is C=C1C[C@H](C)/C=C/C=C/C=C(\C)[C@@H](OC)C[C@@H]2CC[C@@H](C)C(O)(O2)C(=O)C(=O)N2CCCC[C@H]2C(O)O[C@H]([C@@H](C)C[C@@H]2CC[C@@H](OC(=O)C(C)(CO)CO)C(OC)C2)CC(=O)[C@H](C)/C=C(\C)[C@@H](O)[C@@H](OC)C1=O. The highest BCUT2D eigenvalue weighted by Gasteiger charge is 2.53. The molecule has 0 spiro atoms. The molecule has 17 heteroatoms. The van der Waals surface area contributed by atoms with E-state index in [0.717, 1.165) is 5.57 Å². The summed E-state index contributed by atoms with van der Waals surface area (Å²) in [6.07, 6.45) is 8.09. The number of ketones is 3. The molecule has 0 aromatic rings. The fourth-order valence-electron chi connectivity index (χ4n) is 10.6. The van der Waals surface area contributed by atoms with Crippen LogP contribution >= 0.6 is 0 Å². The molecule has 1 aliphatic carbocycles. The van der Waals surface area contributed by atoms with Crippen LogP contribution in [0.5, 0.6) is 0 Å². The number of Topliss-reactive ketones (excluding diaryl/α,β-unsaturated/α-hetero) is 3. The van der Waals surface area contributed by atoms with Crippen molar-refractivity contribution >= 4 is 29.2 Å². The van der Waals surface area contributed by atoms with Gasteiger partial charge in [-0.2, -0.15) is 0 Å². The Morgan fingerprint density at radius 2 is 1.59 bits per heavy atom. The molecule has 0 aromatic heterocycles. The Labute approximate surface area is 433 Å². The first-order chi connectivity index (χ1) is 34.5. The molecule has 2 saturated heterocycles. The summed E-state index contributed by atoms with van der Waals surface area (Å²) in [5.74, 6) is -8.13. The minimum absolute atomic E-state index is 0.0159. The molecular formula is C56H87NO16. The molecule has 73 heavy (non-hydrogen) atoms. The third-order valence-corrected chi connectivity index (χ3v) is 15.7. The van der Waals surface area contributed by atoms with Crippen LogP contribution in [0.25, 0.3) is 0 Å². The van der Waals surface area contributed by atoms with Gasteiger partial charge in [-0.05, 0) is 119 Å². The van der Waals surface area contributed by atoms with Crippen molar-refractivity contribution in [2.45, 2.75) is 186 Å². The number of aliphatic hydroxyl groups excluding tert-OH is 4. The Balaban J connectivity index is 1.69. The molecule has 3 fully saturated rings. The van der Waals surface area contributed by atoms with E-state index < -0.39 is 121 Å². The lowest BCUT2D eigenvalue weighted by Crippen LogP contribution is -2.61. The molecule has 1 saturated carbocycles. The van der Waals surface area contributed by atoms with Gasteiger partial charge < -0.3 is 58.9 Å². The molecule has 4 aliphatic rings. The number of rotatable bonds is 10. The molecule has 3 aliphatic heterocycles. The second kappa shape index (κ2) is 28.4. The number of ether oxygens (including phenoxy) is 6. The van der Waals surface area contributed by atoms with Crippen LogP contribution in [-0.2, 0) is 52.4 Å². The Bertz CT molecular complexity index is 2010. The van der Waals surface area contributed by atoms with Crippen LogP contribution < -0.4 is 0 Å². The van der Waals surface area contributed by atoms with Gasteiger partial charge in [0.1, 0.15) is 29.5 Å². The highest BCUT2D eigenvalue weighted by atomic mass is 16.6. The highest BCUT2D eigenvalue weighted by molar-refractivity contribution is 6.38. The predicted octanol–water partition coefficient (Wildman–Crippen LogP) is 5.43. The number of nitrogens with zero attached hydrogens (tertiary/aromatic N) is 1. The van der Waals surface area contributed by atoms with Gasteiger partial charge in [0.25, 0.3) is 11.7 Å². The Kier molecular flexibility index (Phi) is 24.0. The summed E-state index contributed by atoms with van der Waals surface area (Å²) in [6.45, 7) is 15.0. The fourth-order valence-corrected chi connectivity index (χ4v) is 10.6. The minimum atomic E-state index is -2.45. The monoisotopic (exact) mass is 1030 g/mol. The molecular weight excluding hydrogens is 943 g/mol. The first kappa shape index (κ1) is 61.8. The Hall–Kier alpha value is -3.75. The molecule has 3 unspecified atom stereocenters. The molecule has 0 radical (unpaired) electrons. The average molecular weight is 1030 g/mol. The zero-order chi connectivity index (χ0) is 54.4. The number of piperidine rings is 1. The van der Waals surface area contributed by atoms with Gasteiger partial charge in [-0.15, -0.1) is 0 Å². The van der Waals surface area contributed by atoms with E-state index in [0.29, 0.717) is 69.8 Å². The second-order valence-electron chi connectivity index (χ2n) is 21.6. The van der Waals surface area contributed by atoms with Crippen molar-refractivity contribution in [3.05, 3.63) is 59.8 Å². The number of esters is 1. The lowest BCUT2D eigenvalue weighted by atomic mass is 9.78. The van der Waals surface area contributed by atoms with Crippen LogP contribution in [0.2, 0.25) is 0 Å². The standard InChI is InChI=1S/C56H87NO16/c1-33-17-13-12-14-18-34(2)45(68-9)29-41-22-20-39(7)56(67,73-41)51(63)52(64)57-24-16-15-19-42(57)53(65)71-46(30-43(60)35(3)26-38(6)49(62)50(70-11)48(61)37(5)25-33)36(4)27-40-21-23-44(47(28-40)69-10)72-54(66)55(8,31-58)32-59/h12-14,17-18,26,33,35-36,39-42,44-47,49-50,53,58-59,62,65,67H,5,15-16,19-25,27-32H2,1-4,6-11H3/b14-12+,17-13+,34-18+,38-26+/t33-,35-,36+,39-,40+,41+,42+,44-,45+,46+,47?,49-,50+,53?,56?/m1/s1. The van der Waals surface area contributed by atoms with Gasteiger partial charge in [0, 0.05) is 52.6 Å². The smallest absolute Gasteiger partial charge is 0.316 e. The molecule has 17 nitrogen and oxygen atoms in total. The summed E-state index contributed by atoms with van der Waals surface area (Å²) in [5.41, 5.74) is -0.0339. The van der Waals surface area contributed by atoms with Gasteiger partial charge in [-0.25, -0.2) is 0 Å². The number of aliphatic hydroxyl groups is 5. The van der Waals surface area contributed by atoms with E-state index in [4.69, 9.17) is 28.4 Å². The quantitative estimate of drug-likeness (QED) is 0.0792. The van der Waals surface area contributed by atoms with Crippen molar-refractivity contribution in [2.24, 2.45) is 35.0 Å². The van der Waals surface area contributed by atoms with Gasteiger partial charge in [-0.3, -0.25) is 24.0 Å². The Morgan fingerprint density at radius 1 is 0.890 bits per heavy atom. The fraction of sp³-hybridized carbons (Fsp3) is 0.732. The van der Waals surface area contributed by atoms with E-state index in [-0.39, 0.29) is 42.6 Å². The number of fused-ring (bicyclic) bond motifs is 3. The summed E-state index contributed by atoms with van der Waals surface area (Å²) in [4.78, 5) is 70.9. The maximum atomic E-state index is 14.4. The van der Waals surface area contributed by atoms with Crippen molar-refractivity contribution < 1.29 is 77.9 Å². The summed E-state index contributed by atoms with van der Waals surface area (Å²) >= 11 is 0. The molecule has 5 N–H and O–H groups in total.